The van der Waals surface area contributed by atoms with E-state index in [4.69, 9.17) is 5.10 Å². The lowest BCUT2D eigenvalue weighted by Crippen LogP contribution is -2.18. The van der Waals surface area contributed by atoms with Crippen LogP contribution >= 0.6 is 11.8 Å². The summed E-state index contributed by atoms with van der Waals surface area (Å²) >= 11 is 1.46. The number of aromatic nitrogens is 2. The van der Waals surface area contributed by atoms with Crippen LogP contribution in [0, 0.1) is 10.1 Å². The molecule has 4 rings (SSSR count). The SMILES string of the molecule is CN(C)CCn1nc2c3c(c([N+](=O)[O-])ccc31)Sc1ccccc1-2. The Labute approximate surface area is 143 Å². The second-order valence-corrected chi connectivity index (χ2v) is 7.09. The molecule has 6 nitrogen and oxygen atoms in total. The average molecular weight is 340 g/mol. The van der Waals surface area contributed by atoms with Crippen LogP contribution in [0.5, 0.6) is 0 Å². The van der Waals surface area contributed by atoms with Crippen molar-refractivity contribution in [2.75, 3.05) is 20.6 Å². The highest BCUT2D eigenvalue weighted by atomic mass is 32.2. The highest BCUT2D eigenvalue weighted by molar-refractivity contribution is 8.00. The zero-order valence-corrected chi connectivity index (χ0v) is 14.2. The molecule has 3 aromatic rings. The summed E-state index contributed by atoms with van der Waals surface area (Å²) in [5.74, 6) is 0. The van der Waals surface area contributed by atoms with E-state index in [0.717, 1.165) is 40.1 Å². The molecule has 0 spiro atoms. The molecule has 0 fully saturated rings. The maximum atomic E-state index is 11.5. The molecule has 0 atom stereocenters. The summed E-state index contributed by atoms with van der Waals surface area (Å²) in [6.45, 7) is 1.60. The molecule has 0 aliphatic carbocycles. The molecule has 24 heavy (non-hydrogen) atoms. The normalized spacial score (nSPS) is 12.6. The van der Waals surface area contributed by atoms with Crippen LogP contribution in [0.4, 0.5) is 5.69 Å². The van der Waals surface area contributed by atoms with Crippen molar-refractivity contribution in [3.63, 3.8) is 0 Å². The quantitative estimate of drug-likeness (QED) is 0.419. The third kappa shape index (κ3) is 2.28. The lowest BCUT2D eigenvalue weighted by molar-refractivity contribution is -0.387. The van der Waals surface area contributed by atoms with Gasteiger partial charge >= 0.3 is 0 Å². The first-order chi connectivity index (χ1) is 11.6. The minimum Gasteiger partial charge on any atom is -0.308 e. The van der Waals surface area contributed by atoms with Crippen molar-refractivity contribution in [1.82, 2.24) is 14.7 Å². The fourth-order valence-corrected chi connectivity index (χ4v) is 4.18. The topological polar surface area (TPSA) is 64.2 Å². The number of hydrogen-bond donors (Lipinski definition) is 0. The standard InChI is InChI=1S/C17H16N4O2S/c1-19(2)9-10-20-12-7-8-13(21(22)23)17-15(12)16(18-20)11-5-3-4-6-14(11)24-17/h3-8H,9-10H2,1-2H3. The Morgan fingerprint density at radius 1 is 1.25 bits per heavy atom. The second kappa shape index (κ2) is 5.61. The van der Waals surface area contributed by atoms with E-state index in [2.05, 4.69) is 4.90 Å². The van der Waals surface area contributed by atoms with Crippen molar-refractivity contribution in [3.05, 3.63) is 46.5 Å². The van der Waals surface area contributed by atoms with Crippen LogP contribution < -0.4 is 0 Å². The second-order valence-electron chi connectivity index (χ2n) is 6.04. The van der Waals surface area contributed by atoms with Gasteiger partial charge in [0.05, 0.1) is 17.0 Å². The Hall–Kier alpha value is -2.38. The van der Waals surface area contributed by atoms with Gasteiger partial charge in [-0.05, 0) is 26.2 Å². The van der Waals surface area contributed by atoms with Gasteiger partial charge in [-0.25, -0.2) is 0 Å². The molecule has 7 heteroatoms. The maximum absolute atomic E-state index is 11.5. The number of hydrogen-bond acceptors (Lipinski definition) is 5. The van der Waals surface area contributed by atoms with E-state index in [0.29, 0.717) is 4.90 Å². The highest BCUT2D eigenvalue weighted by Gasteiger charge is 2.29. The highest BCUT2D eigenvalue weighted by Crippen LogP contribution is 2.50. The monoisotopic (exact) mass is 340 g/mol. The number of nitro groups is 1. The van der Waals surface area contributed by atoms with Gasteiger partial charge < -0.3 is 4.90 Å². The Bertz CT molecular complexity index is 965. The number of benzene rings is 2. The first-order valence-corrected chi connectivity index (χ1v) is 8.48. The first-order valence-electron chi connectivity index (χ1n) is 7.66. The van der Waals surface area contributed by atoms with Gasteiger partial charge in [0.2, 0.25) is 0 Å². The van der Waals surface area contributed by atoms with Crippen LogP contribution in [0.25, 0.3) is 22.2 Å². The molecule has 0 N–H and O–H groups in total. The van der Waals surface area contributed by atoms with Gasteiger partial charge in [-0.3, -0.25) is 14.8 Å². The van der Waals surface area contributed by atoms with Crippen LogP contribution in [0.3, 0.4) is 0 Å². The Kier molecular flexibility index (Phi) is 3.54. The number of nitro benzene ring substituents is 1. The molecule has 0 unspecified atom stereocenters. The fraction of sp³-hybridized carbons (Fsp3) is 0.235. The van der Waals surface area contributed by atoms with Gasteiger partial charge in [0.15, 0.2) is 0 Å². The Morgan fingerprint density at radius 2 is 2.04 bits per heavy atom. The Balaban J connectivity index is 1.99. The molecule has 1 aliphatic rings. The lowest BCUT2D eigenvalue weighted by Gasteiger charge is -2.14. The third-order valence-electron chi connectivity index (χ3n) is 4.16. The van der Waals surface area contributed by atoms with Gasteiger partial charge in [-0.1, -0.05) is 30.0 Å². The summed E-state index contributed by atoms with van der Waals surface area (Å²) in [6, 6.07) is 11.4. The van der Waals surface area contributed by atoms with Crippen LogP contribution in [0.2, 0.25) is 0 Å². The Morgan fingerprint density at radius 3 is 2.79 bits per heavy atom. The van der Waals surface area contributed by atoms with E-state index in [1.807, 2.05) is 49.1 Å². The van der Waals surface area contributed by atoms with Gasteiger partial charge in [-0.15, -0.1) is 0 Å². The molecule has 0 saturated carbocycles. The van der Waals surface area contributed by atoms with Gasteiger partial charge in [0.25, 0.3) is 5.69 Å². The van der Waals surface area contributed by atoms with E-state index < -0.39 is 0 Å². The van der Waals surface area contributed by atoms with E-state index in [1.54, 1.807) is 6.07 Å². The minimum atomic E-state index is -0.309. The molecule has 0 bridgehead atoms. The molecular formula is C17H16N4O2S. The van der Waals surface area contributed by atoms with Gasteiger partial charge in [-0.2, -0.15) is 5.10 Å². The number of rotatable bonds is 4. The summed E-state index contributed by atoms with van der Waals surface area (Å²) in [5, 5.41) is 17.1. The first kappa shape index (κ1) is 15.2. The summed E-state index contributed by atoms with van der Waals surface area (Å²) in [6.07, 6.45) is 0. The fourth-order valence-electron chi connectivity index (χ4n) is 2.99. The zero-order valence-electron chi connectivity index (χ0n) is 13.4. The smallest absolute Gasteiger partial charge is 0.284 e. The molecule has 0 amide bonds. The molecule has 1 aliphatic heterocycles. The molecule has 0 saturated heterocycles. The van der Waals surface area contributed by atoms with Crippen LogP contribution in [-0.2, 0) is 6.54 Å². The van der Waals surface area contributed by atoms with E-state index in [9.17, 15) is 10.1 Å². The van der Waals surface area contributed by atoms with E-state index in [-0.39, 0.29) is 10.6 Å². The summed E-state index contributed by atoms with van der Waals surface area (Å²) in [5.41, 5.74) is 2.99. The predicted octanol–water partition coefficient (Wildman–Crippen LogP) is 3.64. The van der Waals surface area contributed by atoms with Crippen LogP contribution in [0.15, 0.2) is 46.2 Å². The van der Waals surface area contributed by atoms with E-state index in [1.165, 1.54) is 11.8 Å². The van der Waals surface area contributed by atoms with E-state index >= 15 is 0 Å². The summed E-state index contributed by atoms with van der Waals surface area (Å²) in [4.78, 5) is 15.0. The minimum absolute atomic E-state index is 0.149. The van der Waals surface area contributed by atoms with Gasteiger partial charge in [0, 0.05) is 28.5 Å². The van der Waals surface area contributed by atoms with Gasteiger partial charge in [0.1, 0.15) is 10.6 Å². The van der Waals surface area contributed by atoms with Crippen LogP contribution in [-0.4, -0.2) is 40.2 Å². The molecule has 2 aromatic carbocycles. The summed E-state index contributed by atoms with van der Waals surface area (Å²) in [7, 11) is 4.04. The van der Waals surface area contributed by atoms with Crippen molar-refractivity contribution < 1.29 is 4.92 Å². The van der Waals surface area contributed by atoms with Crippen LogP contribution in [0.1, 0.15) is 0 Å². The molecular weight excluding hydrogens is 324 g/mol. The summed E-state index contributed by atoms with van der Waals surface area (Å²) < 4.78 is 1.96. The molecule has 0 radical (unpaired) electrons. The average Bonchev–Trinajstić information content (AvgIpc) is 2.93. The number of nitrogens with zero attached hydrogens (tertiary/aromatic N) is 4. The zero-order chi connectivity index (χ0) is 16.8. The van der Waals surface area contributed by atoms with Crippen molar-refractivity contribution in [2.45, 2.75) is 16.3 Å². The van der Waals surface area contributed by atoms with Crippen molar-refractivity contribution in [2.24, 2.45) is 0 Å². The maximum Gasteiger partial charge on any atom is 0.284 e. The third-order valence-corrected chi connectivity index (χ3v) is 5.35. The molecule has 1 aromatic heterocycles. The van der Waals surface area contributed by atoms with Crippen molar-refractivity contribution in [3.8, 4) is 11.3 Å². The molecule has 2 heterocycles. The predicted molar refractivity (Wildman–Crippen MR) is 94.5 cm³/mol. The lowest BCUT2D eigenvalue weighted by atomic mass is 10.1. The largest absolute Gasteiger partial charge is 0.308 e. The molecule has 122 valence electrons. The van der Waals surface area contributed by atoms with Crippen molar-refractivity contribution in [1.29, 1.82) is 0 Å². The number of fused-ring (bicyclic) bond motifs is 2. The van der Waals surface area contributed by atoms with Crippen molar-refractivity contribution >= 4 is 28.4 Å². The number of likely N-dealkylation sites (N-methyl/N-ethyl adjacent to an activating group) is 1.